The summed E-state index contributed by atoms with van der Waals surface area (Å²) in [5.74, 6) is 0.201. The number of nitrogens with zero attached hydrogens (tertiary/aromatic N) is 4. The molecule has 0 aliphatic carbocycles. The van der Waals surface area contributed by atoms with Gasteiger partial charge in [0.25, 0.3) is 0 Å². The number of thiazole rings is 1. The van der Waals surface area contributed by atoms with Crippen molar-refractivity contribution < 1.29 is 4.79 Å². The summed E-state index contributed by atoms with van der Waals surface area (Å²) < 4.78 is 0. The lowest BCUT2D eigenvalue weighted by atomic mass is 10.2. The molecule has 24 heavy (non-hydrogen) atoms. The molecular weight excluding hydrogens is 320 g/mol. The number of aryl methyl sites for hydroxylation is 2. The van der Waals surface area contributed by atoms with Gasteiger partial charge in [0, 0.05) is 49.9 Å². The molecule has 0 N–H and O–H groups in total. The first-order valence-corrected chi connectivity index (χ1v) is 9.46. The fourth-order valence-electron chi connectivity index (χ4n) is 2.91. The highest BCUT2D eigenvalue weighted by atomic mass is 32.1. The first-order chi connectivity index (χ1) is 11.7. The number of aromatic nitrogens is 2. The summed E-state index contributed by atoms with van der Waals surface area (Å²) >= 11 is 1.64. The van der Waals surface area contributed by atoms with E-state index in [9.17, 15) is 4.79 Å². The van der Waals surface area contributed by atoms with Crippen LogP contribution < -0.4 is 0 Å². The number of piperazine rings is 1. The van der Waals surface area contributed by atoms with E-state index in [0.29, 0.717) is 6.42 Å². The summed E-state index contributed by atoms with van der Waals surface area (Å²) in [5.41, 5.74) is 1.98. The van der Waals surface area contributed by atoms with Crippen LogP contribution in [0, 0.1) is 0 Å². The number of likely N-dealkylation sites (N-methyl/N-ethyl adjacent to an activating group) is 1. The number of amides is 1. The Morgan fingerprint density at radius 1 is 1.17 bits per heavy atom. The maximum absolute atomic E-state index is 12.4. The molecule has 0 saturated carbocycles. The molecule has 2 aromatic rings. The van der Waals surface area contributed by atoms with Gasteiger partial charge < -0.3 is 9.80 Å². The van der Waals surface area contributed by atoms with Gasteiger partial charge in [-0.25, -0.2) is 4.98 Å². The largest absolute Gasteiger partial charge is 0.340 e. The zero-order valence-corrected chi connectivity index (χ0v) is 15.0. The van der Waals surface area contributed by atoms with Gasteiger partial charge in [0.05, 0.1) is 17.1 Å². The van der Waals surface area contributed by atoms with Crippen molar-refractivity contribution in [1.29, 1.82) is 0 Å². The number of hydrogen-bond donors (Lipinski definition) is 0. The highest BCUT2D eigenvalue weighted by Crippen LogP contribution is 2.14. The van der Waals surface area contributed by atoms with E-state index in [1.807, 2.05) is 34.7 Å². The smallest absolute Gasteiger partial charge is 0.228 e. The minimum atomic E-state index is 0.201. The molecule has 3 heterocycles. The topological polar surface area (TPSA) is 49.3 Å². The molecule has 128 valence electrons. The molecule has 0 spiro atoms. The average Bonchev–Trinajstić information content (AvgIpc) is 3.08. The SMILES string of the molecule is CCN1CCN(C(=O)Cc2csc(CCc3ccccn3)n2)CC1. The standard InChI is InChI=1S/C18H24N4OS/c1-2-21-9-11-22(12-10-21)18(23)13-16-14-24-17(20-16)7-6-15-5-3-4-8-19-15/h3-5,8,14H,2,6-7,9-13H2,1H3. The Morgan fingerprint density at radius 2 is 2.00 bits per heavy atom. The Bertz CT molecular complexity index is 650. The fraction of sp³-hybridized carbons (Fsp3) is 0.500. The molecule has 1 aliphatic rings. The number of carbonyl (C=O) groups is 1. The van der Waals surface area contributed by atoms with Gasteiger partial charge in [0.1, 0.15) is 0 Å². The lowest BCUT2D eigenvalue weighted by molar-refractivity contribution is -0.132. The van der Waals surface area contributed by atoms with Gasteiger partial charge in [-0.1, -0.05) is 13.0 Å². The second kappa shape index (κ2) is 8.35. The van der Waals surface area contributed by atoms with Crippen LogP contribution >= 0.6 is 11.3 Å². The van der Waals surface area contributed by atoms with Gasteiger partial charge in [-0.3, -0.25) is 9.78 Å². The Labute approximate surface area is 147 Å². The van der Waals surface area contributed by atoms with E-state index in [-0.39, 0.29) is 5.91 Å². The van der Waals surface area contributed by atoms with Crippen molar-refractivity contribution >= 4 is 17.2 Å². The van der Waals surface area contributed by atoms with Crippen molar-refractivity contribution in [1.82, 2.24) is 19.8 Å². The van der Waals surface area contributed by atoms with Gasteiger partial charge in [0.15, 0.2) is 0 Å². The van der Waals surface area contributed by atoms with Crippen LogP contribution in [0.1, 0.15) is 23.3 Å². The lowest BCUT2D eigenvalue weighted by Gasteiger charge is -2.34. The van der Waals surface area contributed by atoms with E-state index in [0.717, 1.165) is 62.0 Å². The van der Waals surface area contributed by atoms with Gasteiger partial charge in [-0.15, -0.1) is 11.3 Å². The molecule has 0 atom stereocenters. The van der Waals surface area contributed by atoms with Gasteiger partial charge in [0.2, 0.25) is 5.91 Å². The lowest BCUT2D eigenvalue weighted by Crippen LogP contribution is -2.48. The van der Waals surface area contributed by atoms with Crippen LogP contribution in [0.15, 0.2) is 29.8 Å². The van der Waals surface area contributed by atoms with Crippen molar-refractivity contribution in [2.75, 3.05) is 32.7 Å². The van der Waals surface area contributed by atoms with E-state index in [2.05, 4.69) is 21.8 Å². The maximum Gasteiger partial charge on any atom is 0.228 e. The van der Waals surface area contributed by atoms with Crippen molar-refractivity contribution in [3.05, 3.63) is 46.2 Å². The molecule has 1 amide bonds. The second-order valence-corrected chi connectivity index (χ2v) is 6.99. The highest BCUT2D eigenvalue weighted by Gasteiger charge is 2.20. The Hall–Kier alpha value is -1.79. The molecule has 6 heteroatoms. The molecule has 1 fully saturated rings. The highest BCUT2D eigenvalue weighted by molar-refractivity contribution is 7.09. The fourth-order valence-corrected chi connectivity index (χ4v) is 3.70. The Kier molecular flexibility index (Phi) is 5.93. The molecule has 0 unspecified atom stereocenters. The second-order valence-electron chi connectivity index (χ2n) is 6.05. The molecule has 2 aromatic heterocycles. The number of pyridine rings is 1. The van der Waals surface area contributed by atoms with Crippen LogP contribution in [0.25, 0.3) is 0 Å². The Morgan fingerprint density at radius 3 is 2.71 bits per heavy atom. The average molecular weight is 344 g/mol. The van der Waals surface area contributed by atoms with Crippen molar-refractivity contribution in [2.45, 2.75) is 26.2 Å². The van der Waals surface area contributed by atoms with Gasteiger partial charge in [-0.2, -0.15) is 0 Å². The third kappa shape index (κ3) is 4.61. The van der Waals surface area contributed by atoms with Crippen LogP contribution in [0.5, 0.6) is 0 Å². The molecule has 0 bridgehead atoms. The molecule has 3 rings (SSSR count). The summed E-state index contributed by atoms with van der Waals surface area (Å²) in [6.45, 7) is 6.86. The van der Waals surface area contributed by atoms with Gasteiger partial charge >= 0.3 is 0 Å². The molecule has 0 aromatic carbocycles. The van der Waals surface area contributed by atoms with E-state index in [4.69, 9.17) is 0 Å². The Balaban J connectivity index is 1.48. The molecule has 0 radical (unpaired) electrons. The predicted octanol–water partition coefficient (Wildman–Crippen LogP) is 2.03. The van der Waals surface area contributed by atoms with Crippen LogP contribution in [0.3, 0.4) is 0 Å². The van der Waals surface area contributed by atoms with E-state index in [1.54, 1.807) is 11.3 Å². The first kappa shape index (κ1) is 17.0. The van der Waals surface area contributed by atoms with Gasteiger partial charge in [-0.05, 0) is 25.1 Å². The summed E-state index contributed by atoms with van der Waals surface area (Å²) in [6, 6.07) is 5.97. The minimum Gasteiger partial charge on any atom is -0.340 e. The summed E-state index contributed by atoms with van der Waals surface area (Å²) in [5, 5.41) is 3.10. The van der Waals surface area contributed by atoms with Crippen molar-refractivity contribution in [3.63, 3.8) is 0 Å². The third-order valence-corrected chi connectivity index (χ3v) is 5.38. The zero-order chi connectivity index (χ0) is 16.8. The monoisotopic (exact) mass is 344 g/mol. The third-order valence-electron chi connectivity index (χ3n) is 4.43. The number of rotatable bonds is 6. The minimum absolute atomic E-state index is 0.201. The quantitative estimate of drug-likeness (QED) is 0.805. The summed E-state index contributed by atoms with van der Waals surface area (Å²) in [4.78, 5) is 25.7. The summed E-state index contributed by atoms with van der Waals surface area (Å²) in [6.07, 6.45) is 4.01. The van der Waals surface area contributed by atoms with Crippen molar-refractivity contribution in [2.24, 2.45) is 0 Å². The normalized spacial score (nSPS) is 15.6. The van der Waals surface area contributed by atoms with Crippen molar-refractivity contribution in [3.8, 4) is 0 Å². The van der Waals surface area contributed by atoms with Crippen LogP contribution in [0.2, 0.25) is 0 Å². The van der Waals surface area contributed by atoms with Crippen LogP contribution in [0.4, 0.5) is 0 Å². The van der Waals surface area contributed by atoms with E-state index < -0.39 is 0 Å². The number of carbonyl (C=O) groups excluding carboxylic acids is 1. The number of hydrogen-bond acceptors (Lipinski definition) is 5. The molecule has 5 nitrogen and oxygen atoms in total. The zero-order valence-electron chi connectivity index (χ0n) is 14.1. The summed E-state index contributed by atoms with van der Waals surface area (Å²) in [7, 11) is 0. The van der Waals surface area contributed by atoms with Crippen LogP contribution in [-0.4, -0.2) is 58.4 Å². The maximum atomic E-state index is 12.4. The molecule has 1 saturated heterocycles. The predicted molar refractivity (Wildman–Crippen MR) is 96.2 cm³/mol. The molecule has 1 aliphatic heterocycles. The first-order valence-electron chi connectivity index (χ1n) is 8.58. The van der Waals surface area contributed by atoms with E-state index >= 15 is 0 Å². The van der Waals surface area contributed by atoms with E-state index in [1.165, 1.54) is 0 Å². The van der Waals surface area contributed by atoms with Crippen LogP contribution in [-0.2, 0) is 24.1 Å². The molecular formula is C18H24N4OS.